The SMILES string of the molecule is CCCCNC/C=C/c1ccc(OC)cc1.Cl. The Hall–Kier alpha value is -0.990. The molecule has 0 unspecified atom stereocenters. The van der Waals surface area contributed by atoms with E-state index >= 15 is 0 Å². The average Bonchev–Trinajstić information content (AvgIpc) is 2.34. The third kappa shape index (κ3) is 7.03. The minimum Gasteiger partial charge on any atom is -0.497 e. The number of hydrogen-bond donors (Lipinski definition) is 1. The van der Waals surface area contributed by atoms with E-state index in [4.69, 9.17) is 4.74 Å². The molecule has 0 radical (unpaired) electrons. The standard InChI is InChI=1S/C14H21NO.ClH/c1-3-4-11-15-12-5-6-13-7-9-14(16-2)10-8-13;/h5-10,15H,3-4,11-12H2,1-2H3;1H/b6-5+;. The van der Waals surface area contributed by atoms with E-state index in [1.165, 1.54) is 18.4 Å². The van der Waals surface area contributed by atoms with Crippen molar-refractivity contribution in [2.45, 2.75) is 19.8 Å². The van der Waals surface area contributed by atoms with Crippen molar-refractivity contribution in [3.8, 4) is 5.75 Å². The van der Waals surface area contributed by atoms with Crippen molar-refractivity contribution in [2.24, 2.45) is 0 Å². The molecule has 0 spiro atoms. The van der Waals surface area contributed by atoms with Crippen molar-refractivity contribution in [1.82, 2.24) is 5.32 Å². The first kappa shape index (κ1) is 16.0. The first-order chi connectivity index (χ1) is 7.86. The summed E-state index contributed by atoms with van der Waals surface area (Å²) in [5.41, 5.74) is 1.21. The average molecular weight is 256 g/mol. The Bertz CT molecular complexity index is 309. The molecule has 0 aliphatic heterocycles. The zero-order valence-corrected chi connectivity index (χ0v) is 11.4. The Labute approximate surface area is 110 Å². The van der Waals surface area contributed by atoms with E-state index in [1.54, 1.807) is 7.11 Å². The van der Waals surface area contributed by atoms with E-state index in [1.807, 2.05) is 12.1 Å². The van der Waals surface area contributed by atoms with E-state index < -0.39 is 0 Å². The lowest BCUT2D eigenvalue weighted by atomic mass is 10.2. The molecule has 0 amide bonds. The first-order valence-electron chi connectivity index (χ1n) is 5.88. The second-order valence-electron chi connectivity index (χ2n) is 3.73. The van der Waals surface area contributed by atoms with Gasteiger partial charge in [0, 0.05) is 6.54 Å². The third-order valence-corrected chi connectivity index (χ3v) is 2.40. The van der Waals surface area contributed by atoms with Crippen molar-refractivity contribution in [3.05, 3.63) is 35.9 Å². The number of ether oxygens (including phenoxy) is 1. The predicted molar refractivity (Wildman–Crippen MR) is 77.1 cm³/mol. The highest BCUT2D eigenvalue weighted by atomic mass is 35.5. The number of benzene rings is 1. The minimum atomic E-state index is 0. The van der Waals surface area contributed by atoms with Crippen LogP contribution in [0.25, 0.3) is 6.08 Å². The lowest BCUT2D eigenvalue weighted by molar-refractivity contribution is 0.415. The van der Waals surface area contributed by atoms with E-state index in [9.17, 15) is 0 Å². The summed E-state index contributed by atoms with van der Waals surface area (Å²) in [6, 6.07) is 8.07. The molecule has 0 heterocycles. The lowest BCUT2D eigenvalue weighted by Gasteiger charge is -2.00. The Morgan fingerprint density at radius 1 is 1.24 bits per heavy atom. The van der Waals surface area contributed by atoms with Gasteiger partial charge in [0.25, 0.3) is 0 Å². The van der Waals surface area contributed by atoms with E-state index in [2.05, 4.69) is 36.5 Å². The maximum atomic E-state index is 5.10. The van der Waals surface area contributed by atoms with Crippen molar-refractivity contribution >= 4 is 18.5 Å². The van der Waals surface area contributed by atoms with Crippen LogP contribution >= 0.6 is 12.4 Å². The first-order valence-corrected chi connectivity index (χ1v) is 5.88. The van der Waals surface area contributed by atoms with Crippen LogP contribution in [0.1, 0.15) is 25.3 Å². The highest BCUT2D eigenvalue weighted by Gasteiger charge is 1.89. The van der Waals surface area contributed by atoms with Gasteiger partial charge in [-0.1, -0.05) is 37.6 Å². The smallest absolute Gasteiger partial charge is 0.118 e. The van der Waals surface area contributed by atoms with Crippen LogP contribution < -0.4 is 10.1 Å². The summed E-state index contributed by atoms with van der Waals surface area (Å²) in [5.74, 6) is 0.901. The van der Waals surface area contributed by atoms with Gasteiger partial charge >= 0.3 is 0 Å². The summed E-state index contributed by atoms with van der Waals surface area (Å²) in [5, 5.41) is 3.37. The molecule has 0 saturated carbocycles. The van der Waals surface area contributed by atoms with Crippen molar-refractivity contribution < 1.29 is 4.74 Å². The largest absolute Gasteiger partial charge is 0.497 e. The number of nitrogens with one attached hydrogen (secondary N) is 1. The second-order valence-corrected chi connectivity index (χ2v) is 3.73. The van der Waals surface area contributed by atoms with Gasteiger partial charge in [0.2, 0.25) is 0 Å². The van der Waals surface area contributed by atoms with Gasteiger partial charge in [-0.2, -0.15) is 0 Å². The monoisotopic (exact) mass is 255 g/mol. The van der Waals surface area contributed by atoms with Gasteiger partial charge in [-0.3, -0.25) is 0 Å². The topological polar surface area (TPSA) is 21.3 Å². The summed E-state index contributed by atoms with van der Waals surface area (Å²) < 4.78 is 5.10. The van der Waals surface area contributed by atoms with Crippen molar-refractivity contribution in [2.75, 3.05) is 20.2 Å². The molecule has 3 heteroatoms. The zero-order valence-electron chi connectivity index (χ0n) is 10.6. The Morgan fingerprint density at radius 3 is 2.53 bits per heavy atom. The van der Waals surface area contributed by atoms with Gasteiger partial charge in [-0.25, -0.2) is 0 Å². The summed E-state index contributed by atoms with van der Waals surface area (Å²) in [6.45, 7) is 4.24. The van der Waals surface area contributed by atoms with Crippen LogP contribution in [0.2, 0.25) is 0 Å². The molecule has 17 heavy (non-hydrogen) atoms. The Balaban J connectivity index is 0.00000256. The maximum absolute atomic E-state index is 5.10. The lowest BCUT2D eigenvalue weighted by Crippen LogP contribution is -2.14. The van der Waals surface area contributed by atoms with Gasteiger partial charge < -0.3 is 10.1 Å². The fourth-order valence-electron chi connectivity index (χ4n) is 1.40. The molecule has 1 aromatic rings. The molecule has 1 rings (SSSR count). The number of unbranched alkanes of at least 4 members (excludes halogenated alkanes) is 1. The molecular formula is C14H22ClNO. The molecule has 0 saturated heterocycles. The molecule has 2 nitrogen and oxygen atoms in total. The maximum Gasteiger partial charge on any atom is 0.118 e. The summed E-state index contributed by atoms with van der Waals surface area (Å²) >= 11 is 0. The molecular weight excluding hydrogens is 234 g/mol. The molecule has 0 bridgehead atoms. The van der Waals surface area contributed by atoms with E-state index in [0.29, 0.717) is 0 Å². The molecule has 0 aliphatic carbocycles. The molecule has 1 aromatic carbocycles. The van der Waals surface area contributed by atoms with Gasteiger partial charge in [0.15, 0.2) is 0 Å². The molecule has 0 aliphatic rings. The summed E-state index contributed by atoms with van der Waals surface area (Å²) in [6.07, 6.45) is 6.77. The van der Waals surface area contributed by atoms with Crippen LogP contribution in [0.15, 0.2) is 30.3 Å². The highest BCUT2D eigenvalue weighted by Crippen LogP contribution is 2.11. The van der Waals surface area contributed by atoms with Crippen LogP contribution in [0.5, 0.6) is 5.75 Å². The van der Waals surface area contributed by atoms with Crippen LogP contribution in [-0.4, -0.2) is 20.2 Å². The minimum absolute atomic E-state index is 0. The Kier molecular flexibility index (Phi) is 9.59. The predicted octanol–water partition coefficient (Wildman–Crippen LogP) is 3.52. The van der Waals surface area contributed by atoms with E-state index in [0.717, 1.165) is 18.8 Å². The molecule has 0 aromatic heterocycles. The van der Waals surface area contributed by atoms with E-state index in [-0.39, 0.29) is 12.4 Å². The Morgan fingerprint density at radius 2 is 1.94 bits per heavy atom. The highest BCUT2D eigenvalue weighted by molar-refractivity contribution is 5.85. The fourth-order valence-corrected chi connectivity index (χ4v) is 1.40. The number of hydrogen-bond acceptors (Lipinski definition) is 2. The molecule has 1 N–H and O–H groups in total. The van der Waals surface area contributed by atoms with Crippen molar-refractivity contribution in [3.63, 3.8) is 0 Å². The van der Waals surface area contributed by atoms with Crippen LogP contribution in [0.4, 0.5) is 0 Å². The van der Waals surface area contributed by atoms with Gasteiger partial charge in [-0.05, 0) is 30.7 Å². The summed E-state index contributed by atoms with van der Waals surface area (Å²) in [4.78, 5) is 0. The fraction of sp³-hybridized carbons (Fsp3) is 0.429. The van der Waals surface area contributed by atoms with Gasteiger partial charge in [0.1, 0.15) is 5.75 Å². The number of methoxy groups -OCH3 is 1. The third-order valence-electron chi connectivity index (χ3n) is 2.40. The second kappa shape index (κ2) is 10.2. The number of halogens is 1. The van der Waals surface area contributed by atoms with Gasteiger partial charge in [0.05, 0.1) is 7.11 Å². The molecule has 0 fully saturated rings. The molecule has 96 valence electrons. The zero-order chi connectivity index (χ0) is 11.6. The molecule has 0 atom stereocenters. The van der Waals surface area contributed by atoms with Crippen LogP contribution in [-0.2, 0) is 0 Å². The van der Waals surface area contributed by atoms with Crippen LogP contribution in [0, 0.1) is 0 Å². The number of rotatable bonds is 7. The summed E-state index contributed by atoms with van der Waals surface area (Å²) in [7, 11) is 1.68. The normalized spacial score (nSPS) is 10.2. The van der Waals surface area contributed by atoms with Crippen molar-refractivity contribution in [1.29, 1.82) is 0 Å². The quantitative estimate of drug-likeness (QED) is 0.753. The van der Waals surface area contributed by atoms with Crippen LogP contribution in [0.3, 0.4) is 0 Å². The van der Waals surface area contributed by atoms with Gasteiger partial charge in [-0.15, -0.1) is 12.4 Å².